The van der Waals surface area contributed by atoms with Crippen LogP contribution in [0.5, 0.6) is 0 Å². The lowest BCUT2D eigenvalue weighted by Gasteiger charge is -2.39. The first kappa shape index (κ1) is 31.8. The highest BCUT2D eigenvalue weighted by atomic mass is 14.4. The van der Waals surface area contributed by atoms with Crippen molar-refractivity contribution in [3.8, 4) is 0 Å². The number of hydrogen-bond donors (Lipinski definition) is 0. The van der Waals surface area contributed by atoms with Crippen molar-refractivity contribution in [2.24, 2.45) is 29.1 Å². The largest absolute Gasteiger partial charge is 0.0950 e. The Bertz CT molecular complexity index is 1320. The summed E-state index contributed by atoms with van der Waals surface area (Å²) in [5.41, 5.74) is 10.3. The summed E-state index contributed by atoms with van der Waals surface area (Å²) in [5, 5.41) is 0. The second-order valence-electron chi connectivity index (χ2n) is 15.3. The smallest absolute Gasteiger partial charge is 0.00610 e. The van der Waals surface area contributed by atoms with Gasteiger partial charge in [0, 0.05) is 5.92 Å². The van der Waals surface area contributed by atoms with Crippen LogP contribution in [0, 0.1) is 29.1 Å². The van der Waals surface area contributed by atoms with E-state index in [-0.39, 0.29) is 0 Å². The van der Waals surface area contributed by atoms with Crippen LogP contribution >= 0.6 is 0 Å². The monoisotopic (exact) mass is 574 g/mol. The summed E-state index contributed by atoms with van der Waals surface area (Å²) in [4.78, 5) is 0. The Morgan fingerprint density at radius 2 is 1.49 bits per heavy atom. The molecule has 0 aromatic heterocycles. The molecule has 0 saturated heterocycles. The van der Waals surface area contributed by atoms with Gasteiger partial charge in [0.25, 0.3) is 0 Å². The van der Waals surface area contributed by atoms with E-state index in [1.165, 1.54) is 91.2 Å². The van der Waals surface area contributed by atoms with E-state index >= 15 is 0 Å². The maximum absolute atomic E-state index is 4.33. The topological polar surface area (TPSA) is 0 Å². The lowest BCUT2D eigenvalue weighted by atomic mass is 9.66. The molecule has 2 fully saturated rings. The van der Waals surface area contributed by atoms with Crippen LogP contribution in [0.1, 0.15) is 138 Å². The number of allylic oxidation sites excluding steroid dienone is 1. The lowest BCUT2D eigenvalue weighted by molar-refractivity contribution is 0.177. The first-order chi connectivity index (χ1) is 20.6. The minimum Gasteiger partial charge on any atom is -0.0950 e. The Morgan fingerprint density at radius 1 is 0.814 bits per heavy atom. The molecule has 2 aliphatic carbocycles. The third-order valence-electron chi connectivity index (χ3n) is 11.5. The van der Waals surface area contributed by atoms with Gasteiger partial charge in [0.15, 0.2) is 0 Å². The highest BCUT2D eigenvalue weighted by Gasteiger charge is 2.33. The molecule has 3 aromatic carbocycles. The maximum Gasteiger partial charge on any atom is 0.00610 e. The fraction of sp³-hybridized carbons (Fsp3) is 0.535. The average Bonchev–Trinajstić information content (AvgIpc) is 3.84. The molecule has 230 valence electrons. The normalized spacial score (nSPS) is 20.7. The van der Waals surface area contributed by atoms with Crippen molar-refractivity contribution >= 4 is 5.57 Å². The lowest BCUT2D eigenvalue weighted by Crippen LogP contribution is -2.27. The number of aryl methyl sites for hydroxylation is 1. The molecule has 0 aliphatic heterocycles. The van der Waals surface area contributed by atoms with Gasteiger partial charge < -0.3 is 0 Å². The van der Waals surface area contributed by atoms with Gasteiger partial charge in [0.1, 0.15) is 0 Å². The molecule has 0 heterocycles. The molecule has 0 nitrogen and oxygen atoms in total. The van der Waals surface area contributed by atoms with E-state index in [1.54, 1.807) is 5.56 Å². The van der Waals surface area contributed by atoms with Gasteiger partial charge in [-0.2, -0.15) is 0 Å². The second kappa shape index (κ2) is 14.0. The van der Waals surface area contributed by atoms with Gasteiger partial charge in [0.05, 0.1) is 0 Å². The minimum atomic E-state index is 0.297. The first-order valence-electron chi connectivity index (χ1n) is 17.6. The van der Waals surface area contributed by atoms with E-state index in [0.717, 1.165) is 30.1 Å². The Morgan fingerprint density at radius 3 is 2.09 bits per heavy atom. The van der Waals surface area contributed by atoms with E-state index in [2.05, 4.69) is 121 Å². The molecule has 2 aliphatic rings. The summed E-state index contributed by atoms with van der Waals surface area (Å²) in [6.07, 6.45) is 13.1. The van der Waals surface area contributed by atoms with Gasteiger partial charge in [-0.3, -0.25) is 0 Å². The van der Waals surface area contributed by atoms with Crippen molar-refractivity contribution in [1.29, 1.82) is 0 Å². The molecule has 0 amide bonds. The highest BCUT2D eigenvalue weighted by Crippen LogP contribution is 2.47. The van der Waals surface area contributed by atoms with Crippen LogP contribution in [0.25, 0.3) is 5.57 Å². The van der Waals surface area contributed by atoms with Gasteiger partial charge in [-0.15, -0.1) is 0 Å². The summed E-state index contributed by atoms with van der Waals surface area (Å²) in [7, 11) is 0. The van der Waals surface area contributed by atoms with Crippen molar-refractivity contribution < 1.29 is 0 Å². The Kier molecular flexibility index (Phi) is 10.4. The van der Waals surface area contributed by atoms with Crippen molar-refractivity contribution in [2.45, 2.75) is 118 Å². The first-order valence-corrected chi connectivity index (χ1v) is 17.6. The van der Waals surface area contributed by atoms with E-state index in [4.69, 9.17) is 0 Å². The molecule has 0 N–H and O–H groups in total. The Labute approximate surface area is 264 Å². The second-order valence-corrected chi connectivity index (χ2v) is 15.3. The third-order valence-corrected chi connectivity index (χ3v) is 11.5. The predicted molar refractivity (Wildman–Crippen MR) is 188 cm³/mol. The molecule has 3 aromatic rings. The summed E-state index contributed by atoms with van der Waals surface area (Å²) < 4.78 is 0. The van der Waals surface area contributed by atoms with Gasteiger partial charge >= 0.3 is 0 Å². The van der Waals surface area contributed by atoms with Crippen LogP contribution in [-0.4, -0.2) is 0 Å². The molecule has 5 unspecified atom stereocenters. The van der Waals surface area contributed by atoms with Crippen molar-refractivity contribution in [3.63, 3.8) is 0 Å². The quantitative estimate of drug-likeness (QED) is 0.169. The van der Waals surface area contributed by atoms with Gasteiger partial charge in [-0.1, -0.05) is 134 Å². The van der Waals surface area contributed by atoms with Crippen molar-refractivity contribution in [1.82, 2.24) is 0 Å². The molecular formula is C43H58. The minimum absolute atomic E-state index is 0.297. The maximum atomic E-state index is 4.33. The van der Waals surface area contributed by atoms with Gasteiger partial charge in [-0.25, -0.2) is 0 Å². The zero-order valence-electron chi connectivity index (χ0n) is 28.2. The van der Waals surface area contributed by atoms with E-state index in [0.29, 0.717) is 17.3 Å². The number of hydrogen-bond acceptors (Lipinski definition) is 0. The Balaban J connectivity index is 1.09. The SMILES string of the molecule is C=C(c1ccc(C(C)c2ccc(CC(C)(C)C(C)CCC(C)CC3CCC3c3cccc(CCC)c3)cc2)cc1)C1CC1. The zero-order valence-corrected chi connectivity index (χ0v) is 28.2. The number of benzene rings is 3. The molecule has 0 heteroatoms. The molecule has 5 rings (SSSR count). The fourth-order valence-corrected chi connectivity index (χ4v) is 7.59. The summed E-state index contributed by atoms with van der Waals surface area (Å²) in [6.45, 7) is 18.9. The van der Waals surface area contributed by atoms with E-state index < -0.39 is 0 Å². The average molecular weight is 575 g/mol. The zero-order chi connectivity index (χ0) is 30.6. The predicted octanol–water partition coefficient (Wildman–Crippen LogP) is 12.4. The summed E-state index contributed by atoms with van der Waals surface area (Å²) >= 11 is 0. The highest BCUT2D eigenvalue weighted by molar-refractivity contribution is 5.67. The van der Waals surface area contributed by atoms with Crippen molar-refractivity contribution in [2.75, 3.05) is 0 Å². The molecule has 0 spiro atoms. The van der Waals surface area contributed by atoms with Crippen LogP contribution < -0.4 is 0 Å². The summed E-state index contributed by atoms with van der Waals surface area (Å²) in [6, 6.07) is 28.2. The van der Waals surface area contributed by atoms with Crippen LogP contribution in [0.4, 0.5) is 0 Å². The molecule has 0 radical (unpaired) electrons. The van der Waals surface area contributed by atoms with Gasteiger partial charge in [-0.05, 0) is 125 Å². The summed E-state index contributed by atoms with van der Waals surface area (Å²) in [5.74, 6) is 4.33. The van der Waals surface area contributed by atoms with Crippen LogP contribution in [-0.2, 0) is 12.8 Å². The van der Waals surface area contributed by atoms with Crippen molar-refractivity contribution in [3.05, 3.63) is 113 Å². The molecular weight excluding hydrogens is 516 g/mol. The molecule has 43 heavy (non-hydrogen) atoms. The van der Waals surface area contributed by atoms with E-state index in [9.17, 15) is 0 Å². The Hall–Kier alpha value is -2.60. The van der Waals surface area contributed by atoms with Crippen LogP contribution in [0.15, 0.2) is 79.4 Å². The third kappa shape index (κ3) is 8.12. The van der Waals surface area contributed by atoms with Crippen LogP contribution in [0.2, 0.25) is 0 Å². The molecule has 0 bridgehead atoms. The van der Waals surface area contributed by atoms with Gasteiger partial charge in [0.2, 0.25) is 0 Å². The molecule has 5 atom stereocenters. The van der Waals surface area contributed by atoms with Crippen LogP contribution in [0.3, 0.4) is 0 Å². The molecule has 2 saturated carbocycles. The standard InChI is InChI=1S/C43H58/c1-8-10-34-11-9-12-40(28-34)42-26-25-41(42)27-30(2)13-14-31(3)43(6,7)29-35-15-17-36(18-16-35)32(4)37-19-21-38(22-20-37)33(5)39-23-24-39/h9,11-12,15-22,28,30-32,39,41-42H,5,8,10,13-14,23-27,29H2,1-4,6-7H3. The van der Waals surface area contributed by atoms with E-state index in [1.807, 2.05) is 0 Å². The number of rotatable bonds is 15. The fourth-order valence-electron chi connectivity index (χ4n) is 7.59.